The number of rotatable bonds is 3. The molecule has 0 bridgehead atoms. The molecule has 2 heterocycles. The normalized spacial score (nSPS) is 16.9. The molecule has 1 aromatic heterocycles. The average Bonchev–Trinajstić information content (AvgIpc) is 3.01. The molecule has 1 aliphatic heterocycles. The smallest absolute Gasteiger partial charge is 0.320 e. The number of nitrogens with zero attached hydrogens (tertiary/aromatic N) is 2. The zero-order valence-corrected chi connectivity index (χ0v) is 14.4. The molecule has 24 heavy (non-hydrogen) atoms. The second-order valence-corrected chi connectivity index (χ2v) is 7.01. The Morgan fingerprint density at radius 2 is 2.12 bits per heavy atom. The van der Waals surface area contributed by atoms with Gasteiger partial charge in [0.25, 0.3) is 0 Å². The molecule has 0 fully saturated rings. The van der Waals surface area contributed by atoms with Crippen molar-refractivity contribution in [2.45, 2.75) is 38.6 Å². The van der Waals surface area contributed by atoms with Crippen LogP contribution in [0.1, 0.15) is 38.7 Å². The third kappa shape index (κ3) is 3.53. The number of nitrogens with one attached hydrogen (secondary N) is 2. The van der Waals surface area contributed by atoms with Gasteiger partial charge >= 0.3 is 6.03 Å². The van der Waals surface area contributed by atoms with Gasteiger partial charge in [-0.05, 0) is 38.8 Å². The van der Waals surface area contributed by atoms with Gasteiger partial charge in [-0.1, -0.05) is 18.2 Å². The minimum Gasteiger partial charge on any atom is -0.493 e. The monoisotopic (exact) mass is 328 g/mol. The van der Waals surface area contributed by atoms with Crippen molar-refractivity contribution in [1.29, 1.82) is 0 Å². The lowest BCUT2D eigenvalue weighted by atomic mass is 9.93. The second kappa shape index (κ2) is 6.55. The van der Waals surface area contributed by atoms with Gasteiger partial charge in [0.2, 0.25) is 0 Å². The maximum Gasteiger partial charge on any atom is 0.320 e. The highest BCUT2D eigenvalue weighted by Crippen LogP contribution is 2.32. The van der Waals surface area contributed by atoms with Crippen molar-refractivity contribution in [2.24, 2.45) is 0 Å². The fourth-order valence-electron chi connectivity index (χ4n) is 2.94. The van der Waals surface area contributed by atoms with Crippen LogP contribution >= 0.6 is 0 Å². The van der Waals surface area contributed by atoms with E-state index in [0.29, 0.717) is 19.0 Å². The Kier molecular flexibility index (Phi) is 4.46. The number of para-hydroxylation sites is 1. The molecule has 1 aromatic carbocycles. The summed E-state index contributed by atoms with van der Waals surface area (Å²) in [5.74, 6) is 1.88. The van der Waals surface area contributed by atoms with Gasteiger partial charge in [0, 0.05) is 18.5 Å². The zero-order valence-electron chi connectivity index (χ0n) is 14.4. The molecule has 2 N–H and O–H groups in total. The summed E-state index contributed by atoms with van der Waals surface area (Å²) >= 11 is 0. The predicted molar refractivity (Wildman–Crippen MR) is 93.5 cm³/mol. The first kappa shape index (κ1) is 16.4. The Balaban J connectivity index is 1.60. The lowest BCUT2D eigenvalue weighted by Crippen LogP contribution is -2.35. The van der Waals surface area contributed by atoms with E-state index >= 15 is 0 Å². The highest BCUT2D eigenvalue weighted by Gasteiger charge is 2.22. The molecule has 0 unspecified atom stereocenters. The van der Waals surface area contributed by atoms with Crippen LogP contribution in [0.4, 0.5) is 10.6 Å². The van der Waals surface area contributed by atoms with Gasteiger partial charge in [-0.15, -0.1) is 0 Å². The third-order valence-electron chi connectivity index (χ3n) is 4.11. The van der Waals surface area contributed by atoms with Crippen molar-refractivity contribution in [2.75, 3.05) is 18.5 Å². The first-order chi connectivity index (χ1) is 11.4. The Morgan fingerprint density at radius 1 is 1.33 bits per heavy atom. The number of fused-ring (bicyclic) bond motifs is 1. The molecule has 1 aliphatic rings. The number of aromatic nitrogens is 2. The molecule has 6 heteroatoms. The van der Waals surface area contributed by atoms with E-state index in [4.69, 9.17) is 4.74 Å². The van der Waals surface area contributed by atoms with E-state index in [1.807, 2.05) is 39.0 Å². The number of hydrogen-bond donors (Lipinski definition) is 2. The molecule has 2 aromatic rings. The second-order valence-electron chi connectivity index (χ2n) is 7.01. The maximum absolute atomic E-state index is 12.2. The Morgan fingerprint density at radius 3 is 2.92 bits per heavy atom. The van der Waals surface area contributed by atoms with Gasteiger partial charge in [0.05, 0.1) is 18.3 Å². The van der Waals surface area contributed by atoms with Crippen LogP contribution in [0, 0.1) is 0 Å². The number of hydrogen-bond acceptors (Lipinski definition) is 3. The molecule has 0 saturated heterocycles. The third-order valence-corrected chi connectivity index (χ3v) is 4.11. The summed E-state index contributed by atoms with van der Waals surface area (Å²) in [6, 6.07) is 9.59. The minimum absolute atomic E-state index is 0.189. The van der Waals surface area contributed by atoms with Gasteiger partial charge < -0.3 is 10.1 Å². The Hall–Kier alpha value is -2.50. The topological polar surface area (TPSA) is 68.2 Å². The number of benzene rings is 1. The van der Waals surface area contributed by atoms with Crippen LogP contribution in [0.15, 0.2) is 36.5 Å². The van der Waals surface area contributed by atoms with E-state index in [1.165, 1.54) is 0 Å². The van der Waals surface area contributed by atoms with E-state index in [-0.39, 0.29) is 17.5 Å². The molecule has 0 aliphatic carbocycles. The van der Waals surface area contributed by atoms with Crippen LogP contribution in [-0.4, -0.2) is 29.0 Å². The number of carbonyl (C=O) groups is 1. The van der Waals surface area contributed by atoms with Crippen LogP contribution in [-0.2, 0) is 5.54 Å². The lowest BCUT2D eigenvalue weighted by Gasteiger charge is -2.26. The van der Waals surface area contributed by atoms with Gasteiger partial charge in [-0.3, -0.25) is 5.32 Å². The number of urea groups is 1. The molecular formula is C18H24N4O2. The van der Waals surface area contributed by atoms with Crippen molar-refractivity contribution < 1.29 is 9.53 Å². The standard InChI is InChI=1S/C18H24N4O2/c1-18(2,3)22-16(8-10-20-22)21-17(23)19-12-13-9-11-24-15-7-5-4-6-14(13)15/h4-8,10,13H,9,11-12H2,1-3H3,(H2,19,21,23)/t13-/m1/s1. The Labute approximate surface area is 142 Å². The molecule has 2 amide bonds. The summed E-state index contributed by atoms with van der Waals surface area (Å²) in [5, 5.41) is 10.1. The van der Waals surface area contributed by atoms with Gasteiger partial charge in [-0.2, -0.15) is 5.10 Å². The molecule has 1 atom stereocenters. The van der Waals surface area contributed by atoms with Gasteiger partial charge in [0.15, 0.2) is 0 Å². The zero-order chi connectivity index (χ0) is 17.2. The van der Waals surface area contributed by atoms with Crippen molar-refractivity contribution >= 4 is 11.8 Å². The first-order valence-corrected chi connectivity index (χ1v) is 8.26. The molecular weight excluding hydrogens is 304 g/mol. The van der Waals surface area contributed by atoms with Crippen molar-refractivity contribution in [1.82, 2.24) is 15.1 Å². The maximum atomic E-state index is 12.2. The molecule has 0 saturated carbocycles. The average molecular weight is 328 g/mol. The first-order valence-electron chi connectivity index (χ1n) is 8.26. The fraction of sp³-hybridized carbons (Fsp3) is 0.444. The van der Waals surface area contributed by atoms with E-state index in [2.05, 4.69) is 21.8 Å². The number of ether oxygens (including phenoxy) is 1. The summed E-state index contributed by atoms with van der Waals surface area (Å²) in [6.07, 6.45) is 2.59. The summed E-state index contributed by atoms with van der Waals surface area (Å²) in [6.45, 7) is 7.39. The summed E-state index contributed by atoms with van der Waals surface area (Å²) in [5.41, 5.74) is 0.968. The highest BCUT2D eigenvalue weighted by atomic mass is 16.5. The number of anilines is 1. The van der Waals surface area contributed by atoms with Crippen LogP contribution < -0.4 is 15.4 Å². The van der Waals surface area contributed by atoms with Crippen LogP contribution in [0.3, 0.4) is 0 Å². The lowest BCUT2D eigenvalue weighted by molar-refractivity contribution is 0.244. The highest BCUT2D eigenvalue weighted by molar-refractivity contribution is 5.88. The minimum atomic E-state index is -0.218. The van der Waals surface area contributed by atoms with Gasteiger partial charge in [0.1, 0.15) is 11.6 Å². The van der Waals surface area contributed by atoms with E-state index < -0.39 is 0 Å². The molecule has 6 nitrogen and oxygen atoms in total. The van der Waals surface area contributed by atoms with Crippen molar-refractivity contribution in [3.63, 3.8) is 0 Å². The van der Waals surface area contributed by atoms with E-state index in [1.54, 1.807) is 16.9 Å². The fourth-order valence-corrected chi connectivity index (χ4v) is 2.94. The van der Waals surface area contributed by atoms with Crippen molar-refractivity contribution in [3.8, 4) is 5.75 Å². The number of carbonyl (C=O) groups excluding carboxylic acids is 1. The molecule has 3 rings (SSSR count). The molecule has 0 spiro atoms. The van der Waals surface area contributed by atoms with Crippen LogP contribution in [0.5, 0.6) is 5.75 Å². The summed E-state index contributed by atoms with van der Waals surface area (Å²) in [7, 11) is 0. The SMILES string of the molecule is CC(C)(C)n1nccc1NC(=O)NC[C@H]1CCOc2ccccc21. The Bertz CT molecular complexity index is 718. The number of amides is 2. The van der Waals surface area contributed by atoms with Gasteiger partial charge in [-0.25, -0.2) is 9.48 Å². The summed E-state index contributed by atoms with van der Waals surface area (Å²) in [4.78, 5) is 12.2. The van der Waals surface area contributed by atoms with Crippen molar-refractivity contribution in [3.05, 3.63) is 42.1 Å². The van der Waals surface area contributed by atoms with E-state index in [0.717, 1.165) is 17.7 Å². The van der Waals surface area contributed by atoms with Crippen LogP contribution in [0.25, 0.3) is 0 Å². The van der Waals surface area contributed by atoms with Crippen LogP contribution in [0.2, 0.25) is 0 Å². The largest absolute Gasteiger partial charge is 0.493 e. The predicted octanol–water partition coefficient (Wildman–Crippen LogP) is 3.33. The quantitative estimate of drug-likeness (QED) is 0.908. The summed E-state index contributed by atoms with van der Waals surface area (Å²) < 4.78 is 7.46. The molecule has 128 valence electrons. The molecule has 0 radical (unpaired) electrons. The van der Waals surface area contributed by atoms with E-state index in [9.17, 15) is 4.79 Å².